The number of hydrogen-bond donors (Lipinski definition) is 3. The van der Waals surface area contributed by atoms with Crippen LogP contribution in [0.2, 0.25) is 0 Å². The summed E-state index contributed by atoms with van der Waals surface area (Å²) < 4.78 is 13.3. The second-order valence-corrected chi connectivity index (χ2v) is 7.77. The molecular formula is C26H19FN6NaO3-. The predicted octanol–water partition coefficient (Wildman–Crippen LogP) is 1.37. The number of rotatable bonds is 7. The van der Waals surface area contributed by atoms with Gasteiger partial charge in [-0.3, -0.25) is 9.89 Å². The number of anilines is 3. The summed E-state index contributed by atoms with van der Waals surface area (Å²) in [7, 11) is 0. The van der Waals surface area contributed by atoms with E-state index < -0.39 is 5.82 Å². The van der Waals surface area contributed by atoms with Crippen molar-refractivity contribution in [1.29, 1.82) is 0 Å². The number of nitrogens with zero attached hydrogens (tertiary/aromatic N) is 3. The van der Waals surface area contributed by atoms with E-state index in [0.717, 1.165) is 22.0 Å². The first-order chi connectivity index (χ1) is 17.1. The third kappa shape index (κ3) is 6.63. The number of nitrogens with one attached hydrogen (secondary N) is 3. The number of amides is 1. The second-order valence-electron chi connectivity index (χ2n) is 7.77. The van der Waals surface area contributed by atoms with E-state index in [2.05, 4.69) is 30.8 Å². The van der Waals surface area contributed by atoms with Gasteiger partial charge in [-0.25, -0.2) is 14.4 Å². The van der Waals surface area contributed by atoms with Crippen LogP contribution in [0.4, 0.5) is 21.7 Å². The number of hydrogen-bond acceptors (Lipinski definition) is 7. The molecule has 0 atom stereocenters. The maximum Gasteiger partial charge on any atom is 1.00 e. The Morgan fingerprint density at radius 3 is 2.51 bits per heavy atom. The first-order valence-corrected chi connectivity index (χ1v) is 10.7. The van der Waals surface area contributed by atoms with Crippen LogP contribution in [-0.4, -0.2) is 37.8 Å². The molecule has 0 spiro atoms. The molecule has 37 heavy (non-hydrogen) atoms. The number of halogens is 1. The van der Waals surface area contributed by atoms with Crippen LogP contribution in [0.15, 0.2) is 79.1 Å². The van der Waals surface area contributed by atoms with Crippen LogP contribution in [0.1, 0.15) is 11.3 Å². The number of benzene rings is 3. The van der Waals surface area contributed by atoms with E-state index in [1.54, 1.807) is 24.3 Å². The molecule has 11 heteroatoms. The van der Waals surface area contributed by atoms with Gasteiger partial charge in [0.25, 0.3) is 0 Å². The molecule has 5 rings (SSSR count). The molecule has 0 bridgehead atoms. The molecule has 180 valence electrons. The zero-order chi connectivity index (χ0) is 24.2. The molecule has 0 saturated heterocycles. The van der Waals surface area contributed by atoms with Gasteiger partial charge in [-0.05, 0) is 41.5 Å². The molecule has 0 fully saturated rings. The maximum atomic E-state index is 13.3. The van der Waals surface area contributed by atoms with E-state index in [4.69, 9.17) is 0 Å². The maximum absolute atomic E-state index is 13.3. The second kappa shape index (κ2) is 12.3. The van der Waals surface area contributed by atoms with Gasteiger partial charge < -0.3 is 20.9 Å². The number of aromatic nitrogens is 4. The first-order valence-electron chi connectivity index (χ1n) is 10.7. The Bertz CT molecular complexity index is 1540. The average molecular weight is 505 g/mol. The van der Waals surface area contributed by atoms with Gasteiger partial charge in [0, 0.05) is 22.8 Å². The summed E-state index contributed by atoms with van der Waals surface area (Å²) in [6.45, 7) is 0. The van der Waals surface area contributed by atoms with Gasteiger partial charge in [-0.1, -0.05) is 12.1 Å². The molecule has 4 N–H and O–H groups in total. The summed E-state index contributed by atoms with van der Waals surface area (Å²) in [5.41, 5.74) is 4.10. The quantitative estimate of drug-likeness (QED) is 0.224. The minimum absolute atomic E-state index is 0. The van der Waals surface area contributed by atoms with Crippen molar-refractivity contribution in [2.75, 3.05) is 10.6 Å². The van der Waals surface area contributed by atoms with Gasteiger partial charge in [-0.15, -0.1) is 12.1 Å². The van der Waals surface area contributed by atoms with Crippen molar-refractivity contribution < 1.29 is 49.0 Å². The summed E-state index contributed by atoms with van der Waals surface area (Å²) in [5, 5.41) is 13.6. The van der Waals surface area contributed by atoms with Crippen molar-refractivity contribution in [3.8, 4) is 11.1 Å². The van der Waals surface area contributed by atoms with Crippen LogP contribution in [0.25, 0.3) is 22.0 Å². The minimum atomic E-state index is -0.422. The molecule has 0 saturated carbocycles. The van der Waals surface area contributed by atoms with Crippen molar-refractivity contribution in [1.82, 2.24) is 20.2 Å². The van der Waals surface area contributed by atoms with Crippen LogP contribution in [0.3, 0.4) is 0 Å². The number of H-pyrrole nitrogens is 1. The molecule has 2 heterocycles. The Morgan fingerprint density at radius 2 is 1.76 bits per heavy atom. The zero-order valence-corrected chi connectivity index (χ0v) is 21.7. The smallest absolute Gasteiger partial charge is 0.870 e. The Labute approximate surface area is 233 Å². The van der Waals surface area contributed by atoms with Gasteiger partial charge in [0.1, 0.15) is 18.0 Å². The number of aromatic amines is 1. The van der Waals surface area contributed by atoms with Crippen LogP contribution in [0.5, 0.6) is 0 Å². The van der Waals surface area contributed by atoms with Gasteiger partial charge in [0.05, 0.1) is 18.2 Å². The van der Waals surface area contributed by atoms with Gasteiger partial charge >= 0.3 is 29.6 Å². The summed E-state index contributed by atoms with van der Waals surface area (Å²) in [4.78, 5) is 31.7. The fourth-order valence-corrected chi connectivity index (χ4v) is 3.65. The monoisotopic (exact) mass is 505 g/mol. The number of fused-ring (bicyclic) bond motifs is 1. The molecule has 0 unspecified atom stereocenters. The van der Waals surface area contributed by atoms with E-state index in [1.165, 1.54) is 24.5 Å². The zero-order valence-electron chi connectivity index (χ0n) is 19.7. The predicted molar refractivity (Wildman–Crippen MR) is 132 cm³/mol. The number of carbonyl (C=O) groups excluding carboxylic acids is 2. The first kappa shape index (κ1) is 27.6. The van der Waals surface area contributed by atoms with Gasteiger partial charge in [-0.2, -0.15) is 22.8 Å². The Kier molecular flexibility index (Phi) is 9.20. The third-order valence-corrected chi connectivity index (χ3v) is 5.31. The Hall–Kier alpha value is -3.96. The average Bonchev–Trinajstić information content (AvgIpc) is 3.30. The molecule has 3 aromatic carbocycles. The van der Waals surface area contributed by atoms with E-state index in [9.17, 15) is 14.0 Å². The van der Waals surface area contributed by atoms with Crippen LogP contribution >= 0.6 is 0 Å². The molecule has 0 aliphatic carbocycles. The summed E-state index contributed by atoms with van der Waals surface area (Å²) >= 11 is 0. The largest absolute Gasteiger partial charge is 1.00 e. The van der Waals surface area contributed by atoms with Gasteiger partial charge in [0.15, 0.2) is 5.82 Å². The molecule has 1 amide bonds. The fourth-order valence-electron chi connectivity index (χ4n) is 3.65. The Balaban J connectivity index is 0.00000190. The van der Waals surface area contributed by atoms with Crippen molar-refractivity contribution in [3.63, 3.8) is 0 Å². The molecular weight excluding hydrogens is 486 g/mol. The minimum Gasteiger partial charge on any atom is -0.870 e. The fraction of sp³-hybridized carbons (Fsp3) is 0.0385. The molecule has 5 aromatic rings. The van der Waals surface area contributed by atoms with Crippen LogP contribution < -0.4 is 40.2 Å². The normalized spacial score (nSPS) is 10.2. The van der Waals surface area contributed by atoms with E-state index in [0.29, 0.717) is 28.6 Å². The summed E-state index contributed by atoms with van der Waals surface area (Å²) in [6.07, 6.45) is 3.37. The van der Waals surface area contributed by atoms with E-state index >= 15 is 0 Å². The molecule has 2 aromatic heterocycles. The SMILES string of the molecule is O=[C-]c1ccc(-c2ccc3c(Nc4cc(CC(=O)Nc5cccc(F)c5)[nH]n4)ncnc3c2)cc1.[Na+].[OH-]. The standard InChI is InChI=1S/C26H18FN6O2.Na.H2O/c27-19-2-1-3-20(11-19)30-25(35)13-21-12-24(33-32-21)31-26-22-9-8-18(10-23(22)28-15-29-26)17-6-4-16(14-34)5-7-17;;/h1-12,15H,13H2,(H,30,35)(H2,28,29,31,32,33);;1H2/q-1;+1;/p-1. The molecule has 0 aliphatic rings. The van der Waals surface area contributed by atoms with E-state index in [-0.39, 0.29) is 47.4 Å². The third-order valence-electron chi connectivity index (χ3n) is 5.31. The van der Waals surface area contributed by atoms with Crippen molar-refractivity contribution in [3.05, 3.63) is 96.2 Å². The molecule has 9 nitrogen and oxygen atoms in total. The molecule has 0 radical (unpaired) electrons. The van der Waals surface area contributed by atoms with Crippen molar-refractivity contribution >= 4 is 40.4 Å². The number of carbonyl (C=O) groups is 1. The van der Waals surface area contributed by atoms with E-state index in [1.807, 2.05) is 36.6 Å². The van der Waals surface area contributed by atoms with Crippen molar-refractivity contribution in [2.45, 2.75) is 6.42 Å². The molecule has 0 aliphatic heterocycles. The summed E-state index contributed by atoms with van der Waals surface area (Å²) in [6, 6.07) is 20.4. The van der Waals surface area contributed by atoms with Gasteiger partial charge in [0.2, 0.25) is 5.91 Å². The Morgan fingerprint density at radius 1 is 0.973 bits per heavy atom. The topological polar surface area (TPSA) is 143 Å². The van der Waals surface area contributed by atoms with Crippen LogP contribution in [0, 0.1) is 5.82 Å². The summed E-state index contributed by atoms with van der Waals surface area (Å²) in [5.74, 6) is 0.331. The van der Waals surface area contributed by atoms with Crippen molar-refractivity contribution in [2.24, 2.45) is 0 Å². The van der Waals surface area contributed by atoms with Crippen LogP contribution in [-0.2, 0) is 16.0 Å².